The molecule has 3 nitrogen and oxygen atoms in total. The molecule has 1 saturated heterocycles. The molecule has 1 aromatic heterocycles. The summed E-state index contributed by atoms with van der Waals surface area (Å²) >= 11 is 0. The molecule has 0 N–H and O–H groups in total. The zero-order valence-corrected chi connectivity index (χ0v) is 14.0. The van der Waals surface area contributed by atoms with Crippen LogP contribution >= 0.6 is 0 Å². The molecule has 0 unspecified atom stereocenters. The second kappa shape index (κ2) is 4.96. The van der Waals surface area contributed by atoms with Crippen molar-refractivity contribution in [3.8, 4) is 0 Å². The normalized spacial score (nSPS) is 33.8. The first-order valence-electron chi connectivity index (χ1n) is 9.14. The lowest BCUT2D eigenvalue weighted by Crippen LogP contribution is -2.41. The number of allylic oxidation sites excluding steroid dienone is 2. The summed E-state index contributed by atoms with van der Waals surface area (Å²) in [5, 5.41) is 2.27. The molecule has 0 radical (unpaired) electrons. The Morgan fingerprint density at radius 1 is 0.880 bits per heavy atom. The van der Waals surface area contributed by atoms with E-state index in [1.807, 2.05) is 24.3 Å². The highest BCUT2D eigenvalue weighted by Gasteiger charge is 2.51. The third kappa shape index (κ3) is 2.00. The van der Waals surface area contributed by atoms with Crippen LogP contribution in [-0.2, 0) is 9.47 Å². The molecule has 2 aromatic carbocycles. The number of hydrogen-bond donors (Lipinski definition) is 0. The number of rotatable bonds is 1. The van der Waals surface area contributed by atoms with E-state index in [1.54, 1.807) is 0 Å². The van der Waals surface area contributed by atoms with Gasteiger partial charge >= 0.3 is 0 Å². The topological polar surface area (TPSA) is 31.6 Å². The van der Waals surface area contributed by atoms with E-state index in [4.69, 9.17) is 13.9 Å². The Morgan fingerprint density at radius 3 is 2.52 bits per heavy atom. The molecule has 6 rings (SSSR count). The average Bonchev–Trinajstić information content (AvgIpc) is 3.34. The number of fused-ring (bicyclic) bond motifs is 6. The van der Waals surface area contributed by atoms with Gasteiger partial charge in [-0.25, -0.2) is 0 Å². The Bertz CT molecular complexity index is 991. The highest BCUT2D eigenvalue weighted by molar-refractivity contribution is 6.04. The van der Waals surface area contributed by atoms with Gasteiger partial charge in [-0.15, -0.1) is 0 Å². The van der Waals surface area contributed by atoms with Crippen molar-refractivity contribution in [2.24, 2.45) is 17.3 Å². The van der Waals surface area contributed by atoms with Crippen molar-refractivity contribution in [1.29, 1.82) is 0 Å². The monoisotopic (exact) mass is 332 g/mol. The molecule has 25 heavy (non-hydrogen) atoms. The highest BCUT2D eigenvalue weighted by atomic mass is 16.7. The van der Waals surface area contributed by atoms with E-state index < -0.39 is 0 Å². The summed E-state index contributed by atoms with van der Waals surface area (Å²) in [4.78, 5) is 0. The second-order valence-electron chi connectivity index (χ2n) is 7.86. The molecule has 1 aliphatic heterocycles. The lowest BCUT2D eigenvalue weighted by Gasteiger charge is -2.41. The van der Waals surface area contributed by atoms with Crippen LogP contribution in [-0.4, -0.2) is 13.2 Å². The van der Waals surface area contributed by atoms with Crippen LogP contribution in [0.2, 0.25) is 0 Å². The Hall–Kier alpha value is -2.10. The van der Waals surface area contributed by atoms with Crippen LogP contribution in [0.4, 0.5) is 0 Å². The van der Waals surface area contributed by atoms with Gasteiger partial charge in [-0.1, -0.05) is 36.4 Å². The summed E-state index contributed by atoms with van der Waals surface area (Å²) in [6, 6.07) is 14.4. The zero-order valence-electron chi connectivity index (χ0n) is 14.0. The van der Waals surface area contributed by atoms with Gasteiger partial charge in [-0.3, -0.25) is 0 Å². The van der Waals surface area contributed by atoms with Crippen molar-refractivity contribution in [1.82, 2.24) is 0 Å². The summed E-state index contributed by atoms with van der Waals surface area (Å²) < 4.78 is 18.3. The lowest BCUT2D eigenvalue weighted by atomic mass is 9.76. The largest absolute Gasteiger partial charge is 0.456 e. The van der Waals surface area contributed by atoms with Gasteiger partial charge < -0.3 is 13.9 Å². The quantitative estimate of drug-likeness (QED) is 0.573. The zero-order chi connectivity index (χ0) is 16.4. The first-order valence-corrected chi connectivity index (χ1v) is 9.14. The molecular formula is C22H20O3. The Kier molecular flexibility index (Phi) is 2.80. The van der Waals surface area contributed by atoms with Gasteiger partial charge in [0.05, 0.1) is 13.2 Å². The molecule has 126 valence electrons. The summed E-state index contributed by atoms with van der Waals surface area (Å²) in [6.07, 6.45) is 6.98. The summed E-state index contributed by atoms with van der Waals surface area (Å²) in [5.41, 5.74) is 3.12. The molecule has 1 saturated carbocycles. The van der Waals surface area contributed by atoms with Gasteiger partial charge in [0, 0.05) is 21.8 Å². The first kappa shape index (κ1) is 14.1. The van der Waals surface area contributed by atoms with Gasteiger partial charge in [0.2, 0.25) is 0 Å². The summed E-state index contributed by atoms with van der Waals surface area (Å²) in [7, 11) is 0. The van der Waals surface area contributed by atoms with Crippen molar-refractivity contribution in [3.63, 3.8) is 0 Å². The minimum atomic E-state index is -0.271. The number of ether oxygens (including phenoxy) is 2. The molecule has 3 aliphatic rings. The van der Waals surface area contributed by atoms with Gasteiger partial charge in [-0.2, -0.15) is 0 Å². The minimum Gasteiger partial charge on any atom is -0.456 e. The average molecular weight is 332 g/mol. The molecule has 1 spiro atoms. The first-order chi connectivity index (χ1) is 12.3. The fourth-order valence-corrected chi connectivity index (χ4v) is 5.04. The van der Waals surface area contributed by atoms with Gasteiger partial charge in [0.15, 0.2) is 6.29 Å². The summed E-state index contributed by atoms with van der Waals surface area (Å²) in [5.74, 6) is 1.38. The van der Waals surface area contributed by atoms with Crippen LogP contribution in [0.25, 0.3) is 21.9 Å². The number of furan rings is 1. The van der Waals surface area contributed by atoms with Crippen molar-refractivity contribution < 1.29 is 13.9 Å². The van der Waals surface area contributed by atoms with Gasteiger partial charge in [0.25, 0.3) is 0 Å². The minimum absolute atomic E-state index is 0.211. The molecule has 3 aromatic rings. The second-order valence-corrected chi connectivity index (χ2v) is 7.86. The molecule has 2 heterocycles. The number of para-hydroxylation sites is 1. The van der Waals surface area contributed by atoms with E-state index in [2.05, 4.69) is 30.4 Å². The van der Waals surface area contributed by atoms with Crippen LogP contribution in [0.3, 0.4) is 0 Å². The van der Waals surface area contributed by atoms with Crippen LogP contribution in [0, 0.1) is 17.3 Å². The van der Waals surface area contributed by atoms with E-state index in [0.29, 0.717) is 5.92 Å². The maximum absolute atomic E-state index is 6.21. The molecule has 2 bridgehead atoms. The molecule has 2 atom stereocenters. The lowest BCUT2D eigenvalue weighted by molar-refractivity contribution is -0.239. The van der Waals surface area contributed by atoms with Crippen molar-refractivity contribution >= 4 is 21.9 Å². The Morgan fingerprint density at radius 2 is 1.72 bits per heavy atom. The molecule has 2 fully saturated rings. The number of hydrogen-bond acceptors (Lipinski definition) is 3. The van der Waals surface area contributed by atoms with Crippen LogP contribution in [0.15, 0.2) is 59.0 Å². The van der Waals surface area contributed by atoms with Crippen LogP contribution in [0.5, 0.6) is 0 Å². The van der Waals surface area contributed by atoms with Crippen molar-refractivity contribution in [3.05, 3.63) is 60.2 Å². The van der Waals surface area contributed by atoms with Crippen molar-refractivity contribution in [2.75, 3.05) is 13.2 Å². The van der Waals surface area contributed by atoms with E-state index in [1.165, 1.54) is 12.8 Å². The fourth-order valence-electron chi connectivity index (χ4n) is 5.04. The standard InChI is InChI=1S/C22H20O3/c1-2-4-19-17(3-1)18-10-15(6-8-20(18)25-19)21-23-12-22(13-24-21)11-14-5-7-16(22)9-14/h1-8,10,14,16,21H,9,11-13H2/t14-,16-,21?,22?/m0/s1. The van der Waals surface area contributed by atoms with Gasteiger partial charge in [0.1, 0.15) is 11.2 Å². The van der Waals surface area contributed by atoms with E-state index in [-0.39, 0.29) is 11.7 Å². The van der Waals surface area contributed by atoms with E-state index in [9.17, 15) is 0 Å². The molecular weight excluding hydrogens is 312 g/mol. The van der Waals surface area contributed by atoms with Crippen molar-refractivity contribution in [2.45, 2.75) is 19.1 Å². The predicted octanol–water partition coefficient (Wildman–Crippen LogP) is 5.21. The maximum atomic E-state index is 6.21. The Balaban J connectivity index is 1.31. The fraction of sp³-hybridized carbons (Fsp3) is 0.364. The van der Waals surface area contributed by atoms with E-state index >= 15 is 0 Å². The highest BCUT2D eigenvalue weighted by Crippen LogP contribution is 2.54. The van der Waals surface area contributed by atoms with Crippen LogP contribution < -0.4 is 0 Å². The molecule has 2 aliphatic carbocycles. The molecule has 0 amide bonds. The smallest absolute Gasteiger partial charge is 0.183 e. The van der Waals surface area contributed by atoms with Crippen LogP contribution in [0.1, 0.15) is 24.7 Å². The number of benzene rings is 2. The van der Waals surface area contributed by atoms with E-state index in [0.717, 1.165) is 46.6 Å². The van der Waals surface area contributed by atoms with Gasteiger partial charge in [-0.05, 0) is 42.9 Å². The summed E-state index contributed by atoms with van der Waals surface area (Å²) in [6.45, 7) is 1.60. The Labute approximate surface area is 146 Å². The molecule has 3 heteroatoms. The predicted molar refractivity (Wildman–Crippen MR) is 96.2 cm³/mol. The third-order valence-electron chi connectivity index (χ3n) is 6.34. The third-order valence-corrected chi connectivity index (χ3v) is 6.34. The maximum Gasteiger partial charge on any atom is 0.183 e. The SMILES string of the molecule is C1=C[C@H]2C[C@H]1CC21COC(c2ccc3oc4ccccc4c3c2)OC1.